The molecular formula is C11H16N4O2S2. The number of anilines is 1. The van der Waals surface area contributed by atoms with Crippen LogP contribution in [0, 0.1) is 5.92 Å². The maximum absolute atomic E-state index is 12.5. The van der Waals surface area contributed by atoms with E-state index in [0.717, 1.165) is 19.3 Å². The second kappa shape index (κ2) is 4.46. The maximum atomic E-state index is 12.5. The number of hydrogen-bond donors (Lipinski definition) is 2. The maximum Gasteiger partial charge on any atom is 0.260 e. The predicted octanol–water partition coefficient (Wildman–Crippen LogP) is 1.44. The molecule has 2 atom stereocenters. The molecule has 0 aromatic carbocycles. The van der Waals surface area contributed by atoms with Crippen molar-refractivity contribution in [2.75, 3.05) is 5.73 Å². The molecular weight excluding hydrogens is 284 g/mol. The molecule has 1 fully saturated rings. The molecule has 2 unspecified atom stereocenters. The summed E-state index contributed by atoms with van der Waals surface area (Å²) in [6.45, 7) is 2.07. The summed E-state index contributed by atoms with van der Waals surface area (Å²) >= 11 is 1.36. The Morgan fingerprint density at radius 1 is 1.53 bits per heavy atom. The van der Waals surface area contributed by atoms with Crippen LogP contribution in [0.2, 0.25) is 0 Å². The van der Waals surface area contributed by atoms with E-state index < -0.39 is 10.0 Å². The smallest absolute Gasteiger partial charge is 0.260 e. The monoisotopic (exact) mass is 300 g/mol. The highest BCUT2D eigenvalue weighted by Crippen LogP contribution is 2.28. The van der Waals surface area contributed by atoms with E-state index in [-0.39, 0.29) is 16.9 Å². The van der Waals surface area contributed by atoms with E-state index in [1.165, 1.54) is 15.7 Å². The fourth-order valence-electron chi connectivity index (χ4n) is 2.62. The van der Waals surface area contributed by atoms with E-state index in [2.05, 4.69) is 16.6 Å². The first kappa shape index (κ1) is 12.9. The van der Waals surface area contributed by atoms with Crippen molar-refractivity contribution in [3.05, 3.63) is 11.6 Å². The number of nitrogens with one attached hydrogen (secondary N) is 1. The molecule has 6 nitrogen and oxygen atoms in total. The number of sulfonamides is 1. The average molecular weight is 300 g/mol. The Morgan fingerprint density at radius 2 is 2.32 bits per heavy atom. The predicted molar refractivity (Wildman–Crippen MR) is 74.6 cm³/mol. The molecule has 1 saturated carbocycles. The summed E-state index contributed by atoms with van der Waals surface area (Å²) in [6, 6.07) is -0.00594. The third-order valence-electron chi connectivity index (χ3n) is 3.67. The Balaban J connectivity index is 1.99. The van der Waals surface area contributed by atoms with Gasteiger partial charge in [-0.1, -0.05) is 13.3 Å². The fraction of sp³-hybridized carbons (Fsp3) is 0.545. The highest BCUT2D eigenvalue weighted by molar-refractivity contribution is 7.89. The van der Waals surface area contributed by atoms with Gasteiger partial charge in [-0.05, 0) is 18.8 Å². The van der Waals surface area contributed by atoms with Crippen LogP contribution in [0.4, 0.5) is 5.82 Å². The van der Waals surface area contributed by atoms with Gasteiger partial charge in [0.05, 0.1) is 0 Å². The molecule has 1 aliphatic rings. The normalized spacial score (nSPS) is 24.3. The lowest BCUT2D eigenvalue weighted by Crippen LogP contribution is -2.37. The molecule has 8 heteroatoms. The van der Waals surface area contributed by atoms with Crippen LogP contribution in [-0.2, 0) is 10.0 Å². The van der Waals surface area contributed by atoms with Gasteiger partial charge < -0.3 is 5.73 Å². The topological polar surface area (TPSA) is 89.5 Å². The summed E-state index contributed by atoms with van der Waals surface area (Å²) in [6.07, 6.45) is 4.68. The van der Waals surface area contributed by atoms with Crippen LogP contribution in [0.5, 0.6) is 0 Å². The second-order valence-electron chi connectivity index (χ2n) is 4.99. The van der Waals surface area contributed by atoms with Crippen LogP contribution in [0.3, 0.4) is 0 Å². The van der Waals surface area contributed by atoms with Crippen LogP contribution < -0.4 is 10.5 Å². The summed E-state index contributed by atoms with van der Waals surface area (Å²) in [7, 11) is -3.63. The Bertz CT molecular complexity index is 703. The molecule has 0 saturated heterocycles. The van der Waals surface area contributed by atoms with Crippen molar-refractivity contribution >= 4 is 32.1 Å². The Labute approximate surface area is 115 Å². The van der Waals surface area contributed by atoms with Crippen LogP contribution in [0.25, 0.3) is 4.96 Å². The van der Waals surface area contributed by atoms with Crippen molar-refractivity contribution in [3.63, 3.8) is 0 Å². The number of aromatic nitrogens is 2. The van der Waals surface area contributed by atoms with Crippen molar-refractivity contribution in [1.29, 1.82) is 0 Å². The van der Waals surface area contributed by atoms with Crippen molar-refractivity contribution in [2.45, 2.75) is 37.3 Å². The highest BCUT2D eigenvalue weighted by Gasteiger charge is 2.31. The second-order valence-corrected chi connectivity index (χ2v) is 7.50. The van der Waals surface area contributed by atoms with Crippen molar-refractivity contribution in [3.8, 4) is 0 Å². The lowest BCUT2D eigenvalue weighted by molar-refractivity contribution is 0.475. The number of fused-ring (bicyclic) bond motifs is 1. The van der Waals surface area contributed by atoms with Crippen LogP contribution in [0.15, 0.2) is 16.6 Å². The Kier molecular flexibility index (Phi) is 3.03. The molecule has 0 aliphatic heterocycles. The number of thiazole rings is 1. The molecule has 19 heavy (non-hydrogen) atoms. The third kappa shape index (κ3) is 2.13. The van der Waals surface area contributed by atoms with E-state index in [1.54, 1.807) is 11.6 Å². The molecule has 104 valence electrons. The summed E-state index contributed by atoms with van der Waals surface area (Å²) in [5, 5.41) is 1.85. The van der Waals surface area contributed by atoms with Crippen LogP contribution >= 0.6 is 11.3 Å². The van der Waals surface area contributed by atoms with Gasteiger partial charge in [-0.15, -0.1) is 11.3 Å². The zero-order chi connectivity index (χ0) is 13.6. The van der Waals surface area contributed by atoms with Crippen LogP contribution in [-0.4, -0.2) is 23.8 Å². The lowest BCUT2D eigenvalue weighted by atomic mass is 10.1. The van der Waals surface area contributed by atoms with Gasteiger partial charge in [0, 0.05) is 17.6 Å². The lowest BCUT2D eigenvalue weighted by Gasteiger charge is -2.17. The molecule has 0 amide bonds. The van der Waals surface area contributed by atoms with Gasteiger partial charge in [-0.3, -0.25) is 4.40 Å². The Morgan fingerprint density at radius 3 is 3.00 bits per heavy atom. The molecule has 2 heterocycles. The molecule has 0 bridgehead atoms. The molecule has 2 aromatic rings. The molecule has 0 radical (unpaired) electrons. The SMILES string of the molecule is CC1CCCC1NS(=O)(=O)c1c(N)nc2sccn12. The fourth-order valence-corrected chi connectivity index (χ4v) is 4.99. The number of rotatable bonds is 3. The minimum atomic E-state index is -3.63. The number of hydrogen-bond acceptors (Lipinski definition) is 5. The summed E-state index contributed by atoms with van der Waals surface area (Å²) < 4.78 is 29.3. The van der Waals surface area contributed by atoms with Crippen molar-refractivity contribution in [2.24, 2.45) is 5.92 Å². The molecule has 0 spiro atoms. The van der Waals surface area contributed by atoms with Gasteiger partial charge >= 0.3 is 0 Å². The van der Waals surface area contributed by atoms with Gasteiger partial charge in [0.15, 0.2) is 15.8 Å². The molecule has 1 aliphatic carbocycles. The number of nitrogens with zero attached hydrogens (tertiary/aromatic N) is 2. The van der Waals surface area contributed by atoms with E-state index in [0.29, 0.717) is 10.9 Å². The highest BCUT2D eigenvalue weighted by atomic mass is 32.2. The number of imidazole rings is 1. The number of nitrogens with two attached hydrogens (primary N) is 1. The van der Waals surface area contributed by atoms with Gasteiger partial charge in [-0.2, -0.15) is 0 Å². The van der Waals surface area contributed by atoms with E-state index in [9.17, 15) is 8.42 Å². The van der Waals surface area contributed by atoms with Crippen molar-refractivity contribution < 1.29 is 8.42 Å². The van der Waals surface area contributed by atoms with Gasteiger partial charge in [0.25, 0.3) is 10.0 Å². The minimum absolute atomic E-state index is 0.00594. The Hall–Kier alpha value is -1.12. The molecule has 3 N–H and O–H groups in total. The largest absolute Gasteiger partial charge is 0.381 e. The third-order valence-corrected chi connectivity index (χ3v) is 5.95. The first-order valence-electron chi connectivity index (χ1n) is 6.22. The first-order chi connectivity index (χ1) is 8.99. The molecule has 2 aromatic heterocycles. The van der Waals surface area contributed by atoms with E-state index in [1.807, 2.05) is 0 Å². The van der Waals surface area contributed by atoms with Gasteiger partial charge in [0.1, 0.15) is 0 Å². The standard InChI is InChI=1S/C11H16N4O2S2/c1-7-3-2-4-8(7)14-19(16,17)10-9(12)13-11-15(10)5-6-18-11/h5-8,14H,2-4,12H2,1H3. The van der Waals surface area contributed by atoms with Gasteiger partial charge in [-0.25, -0.2) is 18.1 Å². The summed E-state index contributed by atoms with van der Waals surface area (Å²) in [5.74, 6) is 0.423. The quantitative estimate of drug-likeness (QED) is 0.897. The first-order valence-corrected chi connectivity index (χ1v) is 8.58. The van der Waals surface area contributed by atoms with E-state index in [4.69, 9.17) is 5.73 Å². The molecule has 3 rings (SSSR count). The average Bonchev–Trinajstić information content (AvgIpc) is 2.95. The van der Waals surface area contributed by atoms with E-state index >= 15 is 0 Å². The zero-order valence-electron chi connectivity index (χ0n) is 10.5. The summed E-state index contributed by atoms with van der Waals surface area (Å²) in [4.78, 5) is 4.67. The van der Waals surface area contributed by atoms with Gasteiger partial charge in [0.2, 0.25) is 0 Å². The van der Waals surface area contributed by atoms with Crippen molar-refractivity contribution in [1.82, 2.24) is 14.1 Å². The zero-order valence-corrected chi connectivity index (χ0v) is 12.2. The minimum Gasteiger partial charge on any atom is -0.381 e. The number of nitrogen functional groups attached to an aromatic ring is 1. The summed E-state index contributed by atoms with van der Waals surface area (Å²) in [5.41, 5.74) is 5.75. The van der Waals surface area contributed by atoms with Crippen LogP contribution in [0.1, 0.15) is 26.2 Å².